The number of benzene rings is 2. The maximum Gasteiger partial charge on any atom is 0.363 e. The molecule has 0 aliphatic carbocycles. The van der Waals surface area contributed by atoms with Crippen molar-refractivity contribution in [2.45, 2.75) is 0 Å². The maximum atomic E-state index is 12.8. The van der Waals surface area contributed by atoms with Crippen LogP contribution >= 0.6 is 0 Å². The number of fused-ring (bicyclic) bond motifs is 1. The molecule has 9 heteroatoms. The van der Waals surface area contributed by atoms with E-state index in [1.165, 1.54) is 21.3 Å². The molecular weight excluding hydrogens is 450 g/mol. The Morgan fingerprint density at radius 3 is 2.37 bits per heavy atom. The SMILES string of the molecule is COc1cc(C2=N/C(=C\c3cc4ccccc4nc3N3CCOCC3)C(=O)O2)cc(OC)c1OC. The highest BCUT2D eigenvalue weighted by molar-refractivity contribution is 6.13. The van der Waals surface area contributed by atoms with Crippen molar-refractivity contribution in [2.24, 2.45) is 4.99 Å². The molecule has 0 amide bonds. The van der Waals surface area contributed by atoms with E-state index in [1.807, 2.05) is 30.3 Å². The summed E-state index contributed by atoms with van der Waals surface area (Å²) in [4.78, 5) is 24.3. The Morgan fingerprint density at radius 2 is 1.69 bits per heavy atom. The van der Waals surface area contributed by atoms with Crippen LogP contribution in [-0.2, 0) is 14.3 Å². The molecule has 2 aliphatic heterocycles. The second-order valence-corrected chi connectivity index (χ2v) is 7.94. The van der Waals surface area contributed by atoms with Gasteiger partial charge in [-0.05, 0) is 30.3 Å². The van der Waals surface area contributed by atoms with Crippen molar-refractivity contribution < 1.29 is 28.5 Å². The van der Waals surface area contributed by atoms with Crippen molar-refractivity contribution in [1.82, 2.24) is 4.98 Å². The van der Waals surface area contributed by atoms with Gasteiger partial charge in [0.25, 0.3) is 0 Å². The molecule has 9 nitrogen and oxygen atoms in total. The Kier molecular flexibility index (Phi) is 6.24. The molecule has 1 saturated heterocycles. The van der Waals surface area contributed by atoms with Crippen LogP contribution in [0.3, 0.4) is 0 Å². The lowest BCUT2D eigenvalue weighted by Crippen LogP contribution is -2.37. The number of methoxy groups -OCH3 is 3. The number of carbonyl (C=O) groups is 1. The number of cyclic esters (lactones) is 1. The molecule has 0 bridgehead atoms. The number of hydrogen-bond donors (Lipinski definition) is 0. The monoisotopic (exact) mass is 475 g/mol. The number of carbonyl (C=O) groups excluding carboxylic acids is 1. The third-order valence-corrected chi connectivity index (χ3v) is 5.87. The van der Waals surface area contributed by atoms with E-state index >= 15 is 0 Å². The van der Waals surface area contributed by atoms with E-state index in [1.54, 1.807) is 18.2 Å². The van der Waals surface area contributed by atoms with Crippen LogP contribution in [0.5, 0.6) is 17.2 Å². The van der Waals surface area contributed by atoms with E-state index in [-0.39, 0.29) is 11.6 Å². The van der Waals surface area contributed by atoms with Crippen LogP contribution in [0.2, 0.25) is 0 Å². The van der Waals surface area contributed by atoms with Gasteiger partial charge in [-0.1, -0.05) is 18.2 Å². The van der Waals surface area contributed by atoms with Crippen LogP contribution in [0.1, 0.15) is 11.1 Å². The number of nitrogens with zero attached hydrogens (tertiary/aromatic N) is 3. The second kappa shape index (κ2) is 9.63. The number of morpholine rings is 1. The highest BCUT2D eigenvalue weighted by Gasteiger charge is 2.27. The zero-order chi connectivity index (χ0) is 24.4. The molecule has 35 heavy (non-hydrogen) atoms. The summed E-state index contributed by atoms with van der Waals surface area (Å²) in [6.07, 6.45) is 1.72. The third-order valence-electron chi connectivity index (χ3n) is 5.87. The first kappa shape index (κ1) is 22.7. The zero-order valence-electron chi connectivity index (χ0n) is 19.7. The first-order valence-electron chi connectivity index (χ1n) is 11.2. The molecular formula is C26H25N3O6. The quantitative estimate of drug-likeness (QED) is 0.396. The van der Waals surface area contributed by atoms with Crippen molar-refractivity contribution in [2.75, 3.05) is 52.5 Å². The molecule has 0 unspecified atom stereocenters. The molecule has 1 fully saturated rings. The van der Waals surface area contributed by atoms with E-state index in [4.69, 9.17) is 28.7 Å². The molecule has 1 aromatic heterocycles. The summed E-state index contributed by atoms with van der Waals surface area (Å²) in [5.74, 6) is 1.70. The largest absolute Gasteiger partial charge is 0.493 e. The highest BCUT2D eigenvalue weighted by Crippen LogP contribution is 2.39. The fourth-order valence-electron chi connectivity index (χ4n) is 4.14. The Hall–Kier alpha value is -4.11. The number of pyridine rings is 1. The third kappa shape index (κ3) is 4.38. The van der Waals surface area contributed by atoms with E-state index in [2.05, 4.69) is 9.89 Å². The van der Waals surface area contributed by atoms with Crippen molar-refractivity contribution in [3.05, 3.63) is 59.3 Å². The van der Waals surface area contributed by atoms with Gasteiger partial charge in [0, 0.05) is 29.6 Å². The van der Waals surface area contributed by atoms with Gasteiger partial charge in [0.05, 0.1) is 40.1 Å². The molecule has 0 atom stereocenters. The van der Waals surface area contributed by atoms with Gasteiger partial charge in [0.1, 0.15) is 5.82 Å². The number of aromatic nitrogens is 1. The summed E-state index contributed by atoms with van der Waals surface area (Å²) in [6.45, 7) is 2.67. The number of anilines is 1. The Labute approximate surface area is 202 Å². The lowest BCUT2D eigenvalue weighted by Gasteiger charge is -2.29. The summed E-state index contributed by atoms with van der Waals surface area (Å²) in [5.41, 5.74) is 2.38. The molecule has 5 rings (SSSR count). The Bertz CT molecular complexity index is 1320. The maximum absolute atomic E-state index is 12.8. The fourth-order valence-corrected chi connectivity index (χ4v) is 4.14. The average Bonchev–Trinajstić information content (AvgIpc) is 3.27. The predicted molar refractivity (Wildman–Crippen MR) is 131 cm³/mol. The molecule has 3 heterocycles. The molecule has 2 aliphatic rings. The van der Waals surface area contributed by atoms with Crippen molar-refractivity contribution >= 4 is 34.7 Å². The van der Waals surface area contributed by atoms with Crippen molar-refractivity contribution in [3.63, 3.8) is 0 Å². The van der Waals surface area contributed by atoms with E-state index in [9.17, 15) is 4.79 Å². The van der Waals surface area contributed by atoms with Gasteiger partial charge < -0.3 is 28.6 Å². The lowest BCUT2D eigenvalue weighted by molar-refractivity contribution is -0.129. The summed E-state index contributed by atoms with van der Waals surface area (Å²) in [6, 6.07) is 13.3. The van der Waals surface area contributed by atoms with Crippen LogP contribution in [-0.4, -0.2) is 64.5 Å². The van der Waals surface area contributed by atoms with Crippen molar-refractivity contribution in [3.8, 4) is 17.2 Å². The minimum atomic E-state index is -0.546. The fraction of sp³-hybridized carbons (Fsp3) is 0.269. The van der Waals surface area contributed by atoms with Crippen LogP contribution in [0, 0.1) is 0 Å². The molecule has 0 saturated carbocycles. The Balaban J connectivity index is 1.58. The topological polar surface area (TPSA) is 91.7 Å². The number of aliphatic imine (C=N–C) groups is 1. The molecule has 0 radical (unpaired) electrons. The van der Waals surface area contributed by atoms with Crippen LogP contribution < -0.4 is 19.1 Å². The Morgan fingerprint density at radius 1 is 0.971 bits per heavy atom. The minimum absolute atomic E-state index is 0.155. The van der Waals surface area contributed by atoms with Gasteiger partial charge in [-0.25, -0.2) is 14.8 Å². The van der Waals surface area contributed by atoms with Crippen molar-refractivity contribution in [1.29, 1.82) is 0 Å². The molecule has 0 N–H and O–H groups in total. The van der Waals surface area contributed by atoms with Gasteiger partial charge in [0.2, 0.25) is 11.6 Å². The average molecular weight is 476 g/mol. The van der Waals surface area contributed by atoms with Gasteiger partial charge in [-0.3, -0.25) is 0 Å². The number of para-hydroxylation sites is 1. The number of ether oxygens (including phenoxy) is 5. The number of rotatable bonds is 6. The van der Waals surface area contributed by atoms with E-state index in [0.29, 0.717) is 49.1 Å². The van der Waals surface area contributed by atoms with Crippen LogP contribution in [0.4, 0.5) is 5.82 Å². The minimum Gasteiger partial charge on any atom is -0.493 e. The highest BCUT2D eigenvalue weighted by atomic mass is 16.6. The number of esters is 1. The van der Waals surface area contributed by atoms with E-state index < -0.39 is 5.97 Å². The standard InChI is InChI=1S/C26H25N3O6/c1-31-21-14-18(15-22(32-2)23(21)33-3)25-28-20(26(30)35-25)13-17-12-16-6-4-5-7-19(16)27-24(17)29-8-10-34-11-9-29/h4-7,12-15H,8-11H2,1-3H3/b20-13-. The van der Waals surface area contributed by atoms with Gasteiger partial charge in [-0.2, -0.15) is 0 Å². The normalized spacial score (nSPS) is 16.9. The summed E-state index contributed by atoms with van der Waals surface area (Å²) < 4.78 is 27.2. The van der Waals surface area contributed by atoms with Gasteiger partial charge >= 0.3 is 5.97 Å². The summed E-state index contributed by atoms with van der Waals surface area (Å²) in [7, 11) is 4.57. The molecule has 0 spiro atoms. The first-order chi connectivity index (χ1) is 17.1. The summed E-state index contributed by atoms with van der Waals surface area (Å²) in [5, 5.41) is 0.969. The molecule has 3 aromatic rings. The molecule has 180 valence electrons. The van der Waals surface area contributed by atoms with Gasteiger partial charge in [0.15, 0.2) is 17.2 Å². The van der Waals surface area contributed by atoms with Crippen LogP contribution in [0.15, 0.2) is 53.2 Å². The smallest absolute Gasteiger partial charge is 0.363 e. The predicted octanol–water partition coefficient (Wildman–Crippen LogP) is 3.44. The van der Waals surface area contributed by atoms with E-state index in [0.717, 1.165) is 22.3 Å². The molecule has 2 aromatic carbocycles. The van der Waals surface area contributed by atoms with Crippen LogP contribution in [0.25, 0.3) is 17.0 Å². The second-order valence-electron chi connectivity index (χ2n) is 7.94. The number of hydrogen-bond acceptors (Lipinski definition) is 9. The first-order valence-corrected chi connectivity index (χ1v) is 11.2. The zero-order valence-corrected chi connectivity index (χ0v) is 19.7. The lowest BCUT2D eigenvalue weighted by atomic mass is 10.1. The summed E-state index contributed by atoms with van der Waals surface area (Å²) >= 11 is 0. The van der Waals surface area contributed by atoms with Gasteiger partial charge in [-0.15, -0.1) is 0 Å².